The van der Waals surface area contributed by atoms with Crippen LogP contribution in [0.15, 0.2) is 52.7 Å². The number of nitrogens with one attached hydrogen (secondary N) is 1. The summed E-state index contributed by atoms with van der Waals surface area (Å²) in [5.74, 6) is -3.05. The molecule has 0 unspecified atom stereocenters. The number of benzene rings is 2. The number of amides is 1. The molecule has 0 aliphatic rings. The Kier molecular flexibility index (Phi) is 11.9. The fourth-order valence-corrected chi connectivity index (χ4v) is 1.94. The largest absolute Gasteiger partial charge is 1.00 e. The van der Waals surface area contributed by atoms with Crippen molar-refractivity contribution < 1.29 is 88.8 Å². The van der Waals surface area contributed by atoms with Crippen molar-refractivity contribution in [2.24, 2.45) is 10.2 Å². The van der Waals surface area contributed by atoms with E-state index in [4.69, 9.17) is 10.2 Å². The van der Waals surface area contributed by atoms with E-state index in [1.165, 1.54) is 42.5 Å². The third-order valence-electron chi connectivity index (χ3n) is 3.25. The van der Waals surface area contributed by atoms with Crippen LogP contribution in [0.25, 0.3) is 0 Å². The van der Waals surface area contributed by atoms with Crippen LogP contribution < -0.4 is 64.4 Å². The zero-order chi connectivity index (χ0) is 19.1. The van der Waals surface area contributed by atoms with Crippen LogP contribution in [-0.4, -0.2) is 39.7 Å². The number of carboxylic acids is 2. The molecule has 0 aromatic heterocycles. The molecule has 0 aliphatic carbocycles. The SMILES string of the molecule is O=C(O)CCNC(=O)c1ccc(N=Nc2ccc(O)c(C(=O)O)c2)cc1.[Na+].[Na+]. The predicted octanol–water partition coefficient (Wildman–Crippen LogP) is -3.28. The molecule has 0 aliphatic heterocycles. The smallest absolute Gasteiger partial charge is 0.507 e. The molecule has 0 atom stereocenters. The summed E-state index contributed by atoms with van der Waals surface area (Å²) in [6.07, 6.45) is -0.164. The number of nitrogens with zero attached hydrogens (tertiary/aromatic N) is 2. The van der Waals surface area contributed by atoms with Gasteiger partial charge in [-0.05, 0) is 42.5 Å². The van der Waals surface area contributed by atoms with Crippen LogP contribution in [0.2, 0.25) is 0 Å². The minimum absolute atomic E-state index is 0. The summed E-state index contributed by atoms with van der Waals surface area (Å²) in [4.78, 5) is 33.2. The van der Waals surface area contributed by atoms with E-state index in [1.54, 1.807) is 0 Å². The molecule has 1 amide bonds. The van der Waals surface area contributed by atoms with E-state index in [-0.39, 0.29) is 89.1 Å². The van der Waals surface area contributed by atoms with Crippen molar-refractivity contribution in [2.75, 3.05) is 6.54 Å². The molecule has 0 radical (unpaired) electrons. The van der Waals surface area contributed by atoms with Crippen LogP contribution in [0, 0.1) is 0 Å². The molecule has 0 saturated heterocycles. The van der Waals surface area contributed by atoms with E-state index in [0.717, 1.165) is 0 Å². The topological polar surface area (TPSA) is 149 Å². The van der Waals surface area contributed by atoms with Crippen molar-refractivity contribution in [2.45, 2.75) is 6.42 Å². The average Bonchev–Trinajstić information content (AvgIpc) is 2.60. The van der Waals surface area contributed by atoms with E-state index in [2.05, 4.69) is 15.5 Å². The van der Waals surface area contributed by atoms with Gasteiger partial charge in [-0.15, -0.1) is 0 Å². The van der Waals surface area contributed by atoms with E-state index in [1.807, 2.05) is 0 Å². The van der Waals surface area contributed by atoms with Crippen LogP contribution in [0.3, 0.4) is 0 Å². The zero-order valence-electron chi connectivity index (χ0n) is 15.4. The number of hydrogen-bond acceptors (Lipinski definition) is 6. The molecule has 2 aromatic carbocycles. The molecule has 2 aromatic rings. The van der Waals surface area contributed by atoms with E-state index >= 15 is 0 Å². The van der Waals surface area contributed by atoms with Crippen molar-refractivity contribution in [3.05, 3.63) is 53.6 Å². The Balaban J connectivity index is 0.00000364. The van der Waals surface area contributed by atoms with Crippen LogP contribution in [0.4, 0.5) is 11.4 Å². The molecular formula is C17H15N3Na2O6+2. The van der Waals surface area contributed by atoms with Gasteiger partial charge in [-0.3, -0.25) is 9.59 Å². The molecule has 0 fully saturated rings. The maximum atomic E-state index is 11.8. The maximum absolute atomic E-state index is 11.8. The Morgan fingerprint density at radius 3 is 2.04 bits per heavy atom. The van der Waals surface area contributed by atoms with E-state index < -0.39 is 17.8 Å². The van der Waals surface area contributed by atoms with Crippen molar-refractivity contribution in [1.29, 1.82) is 0 Å². The van der Waals surface area contributed by atoms with Gasteiger partial charge in [0.1, 0.15) is 11.3 Å². The van der Waals surface area contributed by atoms with Gasteiger partial charge in [0.2, 0.25) is 0 Å². The fourth-order valence-electron chi connectivity index (χ4n) is 1.94. The molecule has 0 heterocycles. The standard InChI is InChI=1S/C17H15N3O6.2Na/c21-14-6-5-12(9-13(14)17(25)26)20-19-11-3-1-10(2-4-11)16(24)18-8-7-15(22)23;;/h1-6,9,21H,7-8H2,(H,18,24)(H,22,23)(H,25,26);;/q;2*+1. The molecule has 11 heteroatoms. The summed E-state index contributed by atoms with van der Waals surface area (Å²) < 4.78 is 0. The first kappa shape index (κ1) is 26.2. The third-order valence-corrected chi connectivity index (χ3v) is 3.25. The normalized spacial score (nSPS) is 9.86. The number of aromatic hydroxyl groups is 1. The monoisotopic (exact) mass is 403 g/mol. The zero-order valence-corrected chi connectivity index (χ0v) is 19.4. The number of aromatic carboxylic acids is 1. The maximum Gasteiger partial charge on any atom is 1.00 e. The second-order valence-corrected chi connectivity index (χ2v) is 5.15. The Morgan fingerprint density at radius 1 is 0.893 bits per heavy atom. The molecule has 9 nitrogen and oxygen atoms in total. The van der Waals surface area contributed by atoms with Crippen LogP contribution in [0.1, 0.15) is 27.1 Å². The van der Waals surface area contributed by atoms with E-state index in [0.29, 0.717) is 11.3 Å². The van der Waals surface area contributed by atoms with Gasteiger partial charge in [-0.1, -0.05) is 0 Å². The van der Waals surface area contributed by atoms with Gasteiger partial charge < -0.3 is 20.6 Å². The van der Waals surface area contributed by atoms with Crippen LogP contribution >= 0.6 is 0 Å². The second-order valence-electron chi connectivity index (χ2n) is 5.15. The molecular weight excluding hydrogens is 388 g/mol. The average molecular weight is 403 g/mol. The number of azo groups is 1. The quantitative estimate of drug-likeness (QED) is 0.281. The Bertz CT molecular complexity index is 872. The summed E-state index contributed by atoms with van der Waals surface area (Å²) in [7, 11) is 0. The Labute approximate surface area is 204 Å². The molecule has 4 N–H and O–H groups in total. The van der Waals surface area contributed by atoms with Crippen LogP contribution in [-0.2, 0) is 4.79 Å². The summed E-state index contributed by atoms with van der Waals surface area (Å²) >= 11 is 0. The van der Waals surface area contributed by atoms with Gasteiger partial charge in [0.25, 0.3) is 5.91 Å². The molecule has 2 rings (SSSR count). The van der Waals surface area contributed by atoms with Crippen molar-refractivity contribution >= 4 is 29.2 Å². The second kappa shape index (κ2) is 12.7. The minimum Gasteiger partial charge on any atom is -0.507 e. The number of carbonyl (C=O) groups is 3. The van der Waals surface area contributed by atoms with Crippen LogP contribution in [0.5, 0.6) is 5.75 Å². The van der Waals surface area contributed by atoms with Crippen molar-refractivity contribution in [3.8, 4) is 5.75 Å². The molecule has 28 heavy (non-hydrogen) atoms. The summed E-state index contributed by atoms with van der Waals surface area (Å²) in [6.45, 7) is 0.0301. The van der Waals surface area contributed by atoms with Gasteiger partial charge in [-0.25, -0.2) is 4.79 Å². The third kappa shape index (κ3) is 8.09. The number of phenols is 1. The first-order chi connectivity index (χ1) is 12.4. The summed E-state index contributed by atoms with van der Waals surface area (Å²) in [6, 6.07) is 9.89. The molecule has 134 valence electrons. The molecule has 0 saturated carbocycles. The van der Waals surface area contributed by atoms with Gasteiger partial charge in [-0.2, -0.15) is 10.2 Å². The summed E-state index contributed by atoms with van der Waals surface area (Å²) in [5.41, 5.74) is 0.731. The van der Waals surface area contributed by atoms with Gasteiger partial charge >= 0.3 is 71.1 Å². The van der Waals surface area contributed by atoms with Gasteiger partial charge in [0, 0.05) is 12.1 Å². The van der Waals surface area contributed by atoms with Crippen molar-refractivity contribution in [3.63, 3.8) is 0 Å². The molecule has 0 bridgehead atoms. The number of aliphatic carboxylic acids is 1. The van der Waals surface area contributed by atoms with Gasteiger partial charge in [0.05, 0.1) is 17.8 Å². The van der Waals surface area contributed by atoms with Crippen molar-refractivity contribution in [1.82, 2.24) is 5.32 Å². The molecule has 0 spiro atoms. The summed E-state index contributed by atoms with van der Waals surface area (Å²) in [5, 5.41) is 37.2. The fraction of sp³-hybridized carbons (Fsp3) is 0.118. The van der Waals surface area contributed by atoms with E-state index in [9.17, 15) is 19.5 Å². The first-order valence-corrected chi connectivity index (χ1v) is 7.45. The number of carbonyl (C=O) groups excluding carboxylic acids is 1. The van der Waals surface area contributed by atoms with Gasteiger partial charge in [0.15, 0.2) is 0 Å². The first-order valence-electron chi connectivity index (χ1n) is 7.45. The predicted molar refractivity (Wildman–Crippen MR) is 90.3 cm³/mol. The Hall–Kier alpha value is -1.75. The number of hydrogen-bond donors (Lipinski definition) is 4. The number of rotatable bonds is 7. The Morgan fingerprint density at radius 2 is 1.46 bits per heavy atom. The minimum atomic E-state index is -1.28. The number of carboxylic acid groups (broad SMARTS) is 2.